The fraction of sp³-hybridized carbons (Fsp3) is 0.636. The van der Waals surface area contributed by atoms with Gasteiger partial charge in [0.1, 0.15) is 12.1 Å². The minimum atomic E-state index is -4.33. The highest BCUT2D eigenvalue weighted by molar-refractivity contribution is 7.93. The molecule has 12 nitrogen and oxygen atoms in total. The van der Waals surface area contributed by atoms with Crippen molar-refractivity contribution in [3.05, 3.63) is 54.1 Å². The molecule has 254 valence electrons. The van der Waals surface area contributed by atoms with Gasteiger partial charge in [0.2, 0.25) is 11.8 Å². The van der Waals surface area contributed by atoms with E-state index in [1.807, 2.05) is 0 Å². The lowest BCUT2D eigenvalue weighted by atomic mass is 9.82. The van der Waals surface area contributed by atoms with Gasteiger partial charge in [-0.25, -0.2) is 13.4 Å². The van der Waals surface area contributed by atoms with Crippen LogP contribution in [-0.4, -0.2) is 86.3 Å². The van der Waals surface area contributed by atoms with Crippen LogP contribution in [-0.2, 0) is 37.1 Å². The predicted octanol–water partition coefficient (Wildman–Crippen LogP) is 2.16. The number of rotatable bonds is 17. The SMILES string of the molecule is CC(C)(C(=O)O)S(=O)(=O)C[C@H](Cc1ccccc1)C(=O)NC(Cc1cnc[nH]1)C(=O)NC(CC1CCCCC1)C(O)C(O)C1CC1. The van der Waals surface area contributed by atoms with Crippen molar-refractivity contribution in [2.45, 2.75) is 107 Å². The van der Waals surface area contributed by atoms with Crippen molar-refractivity contribution < 1.29 is 38.1 Å². The molecule has 6 N–H and O–H groups in total. The van der Waals surface area contributed by atoms with E-state index < -0.39 is 68.3 Å². The van der Waals surface area contributed by atoms with Crippen LogP contribution in [0.1, 0.15) is 76.5 Å². The third-order valence-electron chi connectivity index (χ3n) is 9.53. The Morgan fingerprint density at radius 1 is 0.978 bits per heavy atom. The van der Waals surface area contributed by atoms with Gasteiger partial charge < -0.3 is 30.9 Å². The van der Waals surface area contributed by atoms with Gasteiger partial charge in [-0.05, 0) is 56.9 Å². The number of aliphatic hydroxyl groups is 2. The first-order valence-electron chi connectivity index (χ1n) is 16.2. The van der Waals surface area contributed by atoms with Crippen molar-refractivity contribution >= 4 is 27.6 Å². The van der Waals surface area contributed by atoms with Gasteiger partial charge in [0.15, 0.2) is 14.6 Å². The number of hydrogen-bond donors (Lipinski definition) is 6. The molecule has 13 heteroatoms. The zero-order valence-electron chi connectivity index (χ0n) is 26.6. The molecule has 1 aromatic carbocycles. The molecule has 0 radical (unpaired) electrons. The molecule has 1 aromatic heterocycles. The normalized spacial score (nSPS) is 19.4. The van der Waals surface area contributed by atoms with E-state index in [0.29, 0.717) is 17.7 Å². The number of carboxylic acids is 1. The number of sulfone groups is 1. The van der Waals surface area contributed by atoms with Crippen molar-refractivity contribution in [3.8, 4) is 0 Å². The van der Waals surface area contributed by atoms with Gasteiger partial charge in [-0.15, -0.1) is 0 Å². The van der Waals surface area contributed by atoms with Crippen LogP contribution in [0.15, 0.2) is 42.9 Å². The summed E-state index contributed by atoms with van der Waals surface area (Å²) in [6, 6.07) is 6.85. The van der Waals surface area contributed by atoms with E-state index in [4.69, 9.17) is 0 Å². The van der Waals surface area contributed by atoms with Gasteiger partial charge in [0, 0.05) is 18.3 Å². The highest BCUT2D eigenvalue weighted by Gasteiger charge is 2.45. The Kier molecular flexibility index (Phi) is 12.0. The highest BCUT2D eigenvalue weighted by atomic mass is 32.2. The molecule has 2 amide bonds. The predicted molar refractivity (Wildman–Crippen MR) is 171 cm³/mol. The third-order valence-corrected chi connectivity index (χ3v) is 12.1. The van der Waals surface area contributed by atoms with Crippen LogP contribution in [0.5, 0.6) is 0 Å². The molecule has 2 aliphatic carbocycles. The first-order chi connectivity index (χ1) is 21.8. The maximum absolute atomic E-state index is 13.9. The van der Waals surface area contributed by atoms with Crippen molar-refractivity contribution in [2.75, 3.05) is 5.75 Å². The van der Waals surface area contributed by atoms with E-state index in [2.05, 4.69) is 20.6 Å². The van der Waals surface area contributed by atoms with Crippen LogP contribution in [0, 0.1) is 17.8 Å². The summed E-state index contributed by atoms with van der Waals surface area (Å²) in [5, 5.41) is 37.3. The summed E-state index contributed by atoms with van der Waals surface area (Å²) in [7, 11) is -4.33. The molecule has 0 saturated heterocycles. The van der Waals surface area contributed by atoms with E-state index in [0.717, 1.165) is 58.8 Å². The van der Waals surface area contributed by atoms with Crippen LogP contribution in [0.3, 0.4) is 0 Å². The number of amides is 2. The molecule has 2 saturated carbocycles. The van der Waals surface area contributed by atoms with Crippen molar-refractivity contribution in [1.82, 2.24) is 20.6 Å². The topological polar surface area (TPSA) is 199 Å². The van der Waals surface area contributed by atoms with Crippen molar-refractivity contribution in [1.29, 1.82) is 0 Å². The third kappa shape index (κ3) is 9.38. The number of carbonyl (C=O) groups is 3. The molecule has 2 fully saturated rings. The number of carboxylic acid groups (broad SMARTS) is 1. The van der Waals surface area contributed by atoms with E-state index in [-0.39, 0.29) is 24.7 Å². The fourth-order valence-corrected chi connectivity index (χ4v) is 7.63. The summed E-state index contributed by atoms with van der Waals surface area (Å²) in [6.45, 7) is 2.18. The maximum atomic E-state index is 13.9. The summed E-state index contributed by atoms with van der Waals surface area (Å²) in [5.41, 5.74) is 1.22. The lowest BCUT2D eigenvalue weighted by Crippen LogP contribution is -2.57. The van der Waals surface area contributed by atoms with E-state index in [9.17, 15) is 38.1 Å². The van der Waals surface area contributed by atoms with Crippen LogP contribution in [0.4, 0.5) is 0 Å². The van der Waals surface area contributed by atoms with Crippen LogP contribution < -0.4 is 10.6 Å². The molecule has 5 atom stereocenters. The lowest BCUT2D eigenvalue weighted by Gasteiger charge is -2.33. The first kappa shape index (κ1) is 35.6. The second kappa shape index (κ2) is 15.5. The average Bonchev–Trinajstić information content (AvgIpc) is 3.75. The van der Waals surface area contributed by atoms with Gasteiger partial charge >= 0.3 is 5.97 Å². The fourth-order valence-electron chi connectivity index (χ4n) is 6.15. The number of imidazole rings is 1. The maximum Gasteiger partial charge on any atom is 0.324 e. The zero-order chi connectivity index (χ0) is 33.5. The monoisotopic (exact) mass is 660 g/mol. The number of nitrogens with one attached hydrogen (secondary N) is 3. The Balaban J connectivity index is 1.58. The molecule has 0 spiro atoms. The molecule has 2 aromatic rings. The molecule has 0 bridgehead atoms. The largest absolute Gasteiger partial charge is 0.480 e. The molecule has 4 rings (SSSR count). The Labute approximate surface area is 270 Å². The number of aromatic amines is 1. The molecule has 1 heterocycles. The van der Waals surface area contributed by atoms with Crippen LogP contribution in [0.25, 0.3) is 0 Å². The minimum Gasteiger partial charge on any atom is -0.480 e. The number of nitrogens with zero attached hydrogens (tertiary/aromatic N) is 1. The quantitative estimate of drug-likeness (QED) is 0.147. The van der Waals surface area contributed by atoms with E-state index >= 15 is 0 Å². The van der Waals surface area contributed by atoms with Crippen LogP contribution >= 0.6 is 0 Å². The second-order valence-electron chi connectivity index (χ2n) is 13.5. The highest BCUT2D eigenvalue weighted by Crippen LogP contribution is 2.36. The first-order valence-corrected chi connectivity index (χ1v) is 17.9. The summed E-state index contributed by atoms with van der Waals surface area (Å²) in [6.07, 6.45) is 8.10. The second-order valence-corrected chi connectivity index (χ2v) is 16.1. The van der Waals surface area contributed by atoms with Crippen LogP contribution in [0.2, 0.25) is 0 Å². The molecule has 4 unspecified atom stereocenters. The molecule has 0 aliphatic heterocycles. The summed E-state index contributed by atoms with van der Waals surface area (Å²) in [4.78, 5) is 46.6. The number of aromatic nitrogens is 2. The Morgan fingerprint density at radius 2 is 1.65 bits per heavy atom. The van der Waals surface area contributed by atoms with Gasteiger partial charge in [-0.1, -0.05) is 62.4 Å². The average molecular weight is 661 g/mol. The number of hydrogen-bond acceptors (Lipinski definition) is 8. The van der Waals surface area contributed by atoms with Gasteiger partial charge in [0.05, 0.1) is 30.1 Å². The number of carbonyl (C=O) groups excluding carboxylic acids is 2. The zero-order valence-corrected chi connectivity index (χ0v) is 27.4. The Morgan fingerprint density at radius 3 is 2.24 bits per heavy atom. The number of H-pyrrole nitrogens is 1. The van der Waals surface area contributed by atoms with E-state index in [1.54, 1.807) is 30.3 Å². The Hall–Kier alpha value is -3.29. The number of aliphatic carboxylic acids is 1. The number of benzene rings is 1. The summed E-state index contributed by atoms with van der Waals surface area (Å²) in [5.74, 6) is -4.53. The Bertz CT molecular complexity index is 1410. The smallest absolute Gasteiger partial charge is 0.324 e. The number of aliphatic hydroxyl groups excluding tert-OH is 2. The summed E-state index contributed by atoms with van der Waals surface area (Å²) < 4.78 is 24.5. The standard InChI is InChI=1S/C33H48N4O8S/c1-33(2,32(42)43)46(44,45)19-24(15-21-9-5-3-6-10-21)30(40)37-27(17-25-18-34-20-35-25)31(41)36-26(16-22-11-7-4-8-12-22)29(39)28(38)23-13-14-23/h3,5-6,9-10,18,20,22-24,26-29,38-39H,4,7-8,11-17,19H2,1-2H3,(H,34,35)(H,36,41)(H,37,40)(H,42,43)/t24-,26?,27?,28?,29?/m0/s1. The van der Waals surface area contributed by atoms with Crippen molar-refractivity contribution in [2.24, 2.45) is 17.8 Å². The van der Waals surface area contributed by atoms with Gasteiger partial charge in [0.25, 0.3) is 0 Å². The van der Waals surface area contributed by atoms with Crippen molar-refractivity contribution in [3.63, 3.8) is 0 Å². The summed E-state index contributed by atoms with van der Waals surface area (Å²) >= 11 is 0. The molecular formula is C33H48N4O8S. The van der Waals surface area contributed by atoms with Gasteiger partial charge in [-0.2, -0.15) is 0 Å². The molecule has 46 heavy (non-hydrogen) atoms. The van der Waals surface area contributed by atoms with Gasteiger partial charge in [-0.3, -0.25) is 14.4 Å². The lowest BCUT2D eigenvalue weighted by molar-refractivity contribution is -0.139. The van der Waals surface area contributed by atoms with E-state index in [1.165, 1.54) is 12.5 Å². The molecular weight excluding hydrogens is 612 g/mol. The minimum absolute atomic E-state index is 0.000418. The molecule has 2 aliphatic rings.